The Kier molecular flexibility index (Phi) is 8.12. The molecule has 3 aromatic rings. The first-order valence-corrected chi connectivity index (χ1v) is 10.9. The quantitative estimate of drug-likeness (QED) is 0.326. The molecule has 0 bridgehead atoms. The smallest absolute Gasteiger partial charge is 0.165 e. The van der Waals surface area contributed by atoms with Gasteiger partial charge in [0, 0.05) is 5.41 Å². The molecule has 0 heterocycles. The Balaban J connectivity index is 1.65. The highest BCUT2D eigenvalue weighted by Gasteiger charge is 2.23. The molecule has 0 saturated heterocycles. The fraction of sp³-hybridized carbons (Fsp3) is 0.333. The standard InChI is InChI=1S/C27H31FO4/c1-5-30-24-15-13-21(17-26(24)31-6-2)27(3,4)19-29-18-20-12-14-23(28)25(16-20)32-22-10-8-7-9-11-22/h7-17H,5-6,18-19H2,1-4H3. The van der Waals surface area contributed by atoms with Gasteiger partial charge in [0.2, 0.25) is 0 Å². The number of halogens is 1. The highest BCUT2D eigenvalue weighted by atomic mass is 19.1. The molecule has 3 rings (SSSR count). The van der Waals surface area contributed by atoms with Gasteiger partial charge < -0.3 is 18.9 Å². The van der Waals surface area contributed by atoms with Gasteiger partial charge >= 0.3 is 0 Å². The average Bonchev–Trinajstić information content (AvgIpc) is 2.78. The molecular weight excluding hydrogens is 407 g/mol. The Morgan fingerprint density at radius 2 is 1.50 bits per heavy atom. The molecule has 0 spiro atoms. The third kappa shape index (κ3) is 6.24. The van der Waals surface area contributed by atoms with E-state index < -0.39 is 5.82 Å². The maximum Gasteiger partial charge on any atom is 0.165 e. The Bertz CT molecular complexity index is 1000. The Morgan fingerprint density at radius 1 is 0.781 bits per heavy atom. The van der Waals surface area contributed by atoms with Crippen LogP contribution in [0.3, 0.4) is 0 Å². The zero-order valence-corrected chi connectivity index (χ0v) is 19.2. The SMILES string of the molecule is CCOc1ccc(C(C)(C)COCc2ccc(F)c(Oc3ccccc3)c2)cc1OCC. The predicted molar refractivity (Wildman–Crippen MR) is 124 cm³/mol. The largest absolute Gasteiger partial charge is 0.490 e. The van der Waals surface area contributed by atoms with Crippen molar-refractivity contribution in [1.29, 1.82) is 0 Å². The van der Waals surface area contributed by atoms with Crippen molar-refractivity contribution in [3.63, 3.8) is 0 Å². The minimum atomic E-state index is -0.407. The summed E-state index contributed by atoms with van der Waals surface area (Å²) in [4.78, 5) is 0. The van der Waals surface area contributed by atoms with Gasteiger partial charge in [-0.1, -0.05) is 44.2 Å². The van der Waals surface area contributed by atoms with Crippen LogP contribution in [0.5, 0.6) is 23.0 Å². The van der Waals surface area contributed by atoms with Crippen LogP contribution >= 0.6 is 0 Å². The van der Waals surface area contributed by atoms with E-state index in [2.05, 4.69) is 13.8 Å². The Labute approximate surface area is 189 Å². The van der Waals surface area contributed by atoms with Crippen molar-refractivity contribution in [2.24, 2.45) is 0 Å². The van der Waals surface area contributed by atoms with Gasteiger partial charge in [-0.3, -0.25) is 0 Å². The normalized spacial score (nSPS) is 11.3. The molecule has 0 atom stereocenters. The predicted octanol–water partition coefficient (Wildman–Crippen LogP) is 6.91. The molecule has 0 radical (unpaired) electrons. The van der Waals surface area contributed by atoms with Crippen LogP contribution in [0.15, 0.2) is 66.7 Å². The first-order chi connectivity index (χ1) is 15.4. The van der Waals surface area contributed by atoms with Gasteiger partial charge in [-0.05, 0) is 61.4 Å². The lowest BCUT2D eigenvalue weighted by Gasteiger charge is -2.26. The second-order valence-electron chi connectivity index (χ2n) is 8.08. The van der Waals surface area contributed by atoms with Crippen molar-refractivity contribution in [2.75, 3.05) is 19.8 Å². The first-order valence-electron chi connectivity index (χ1n) is 10.9. The maximum absolute atomic E-state index is 14.2. The average molecular weight is 439 g/mol. The van der Waals surface area contributed by atoms with Crippen LogP contribution < -0.4 is 14.2 Å². The molecule has 0 aliphatic carbocycles. The topological polar surface area (TPSA) is 36.9 Å². The molecule has 0 amide bonds. The molecular formula is C27H31FO4. The van der Waals surface area contributed by atoms with Crippen molar-refractivity contribution in [2.45, 2.75) is 39.7 Å². The summed E-state index contributed by atoms with van der Waals surface area (Å²) < 4.78 is 37.3. The molecule has 4 nitrogen and oxygen atoms in total. The molecule has 0 aromatic heterocycles. The van der Waals surface area contributed by atoms with Gasteiger partial charge in [-0.25, -0.2) is 4.39 Å². The lowest BCUT2D eigenvalue weighted by atomic mass is 9.85. The van der Waals surface area contributed by atoms with E-state index in [4.69, 9.17) is 18.9 Å². The minimum Gasteiger partial charge on any atom is -0.490 e. The van der Waals surface area contributed by atoms with Gasteiger partial charge in [0.1, 0.15) is 5.75 Å². The number of hydrogen-bond acceptors (Lipinski definition) is 4. The summed E-state index contributed by atoms with van der Waals surface area (Å²) in [5, 5.41) is 0. The lowest BCUT2D eigenvalue weighted by molar-refractivity contribution is 0.0822. The molecule has 170 valence electrons. The van der Waals surface area contributed by atoms with E-state index in [1.807, 2.05) is 50.2 Å². The van der Waals surface area contributed by atoms with Crippen LogP contribution in [0.4, 0.5) is 4.39 Å². The van der Waals surface area contributed by atoms with Crippen molar-refractivity contribution < 1.29 is 23.3 Å². The summed E-state index contributed by atoms with van der Waals surface area (Å²) in [5.74, 6) is 1.85. The summed E-state index contributed by atoms with van der Waals surface area (Å²) >= 11 is 0. The fourth-order valence-corrected chi connectivity index (χ4v) is 3.31. The molecule has 0 unspecified atom stereocenters. The highest BCUT2D eigenvalue weighted by molar-refractivity contribution is 5.45. The zero-order valence-electron chi connectivity index (χ0n) is 19.2. The summed E-state index contributed by atoms with van der Waals surface area (Å²) in [6.07, 6.45) is 0. The molecule has 0 aliphatic rings. The molecule has 0 saturated carbocycles. The van der Waals surface area contributed by atoms with Gasteiger partial charge in [0.25, 0.3) is 0 Å². The molecule has 0 fully saturated rings. The van der Waals surface area contributed by atoms with Gasteiger partial charge in [-0.15, -0.1) is 0 Å². The fourth-order valence-electron chi connectivity index (χ4n) is 3.31. The van der Waals surface area contributed by atoms with Crippen LogP contribution in [0.25, 0.3) is 0 Å². The number of hydrogen-bond donors (Lipinski definition) is 0. The number of ether oxygens (including phenoxy) is 4. The van der Waals surface area contributed by atoms with E-state index in [1.165, 1.54) is 6.07 Å². The summed E-state index contributed by atoms with van der Waals surface area (Å²) in [6.45, 7) is 10.1. The van der Waals surface area contributed by atoms with Crippen LogP contribution in [0, 0.1) is 5.82 Å². The number of benzene rings is 3. The van der Waals surface area contributed by atoms with E-state index in [9.17, 15) is 4.39 Å². The van der Waals surface area contributed by atoms with Crippen molar-refractivity contribution >= 4 is 0 Å². The van der Waals surface area contributed by atoms with Gasteiger partial charge in [0.15, 0.2) is 23.1 Å². The highest BCUT2D eigenvalue weighted by Crippen LogP contribution is 2.34. The van der Waals surface area contributed by atoms with Gasteiger partial charge in [0.05, 0.1) is 26.4 Å². The lowest BCUT2D eigenvalue weighted by Crippen LogP contribution is -2.24. The molecule has 0 N–H and O–H groups in total. The monoisotopic (exact) mass is 438 g/mol. The second kappa shape index (κ2) is 11.0. The minimum absolute atomic E-state index is 0.185. The third-order valence-corrected chi connectivity index (χ3v) is 5.02. The summed E-state index contributed by atoms with van der Waals surface area (Å²) in [6, 6.07) is 20.0. The molecule has 5 heteroatoms. The summed E-state index contributed by atoms with van der Waals surface area (Å²) in [7, 11) is 0. The van der Waals surface area contributed by atoms with E-state index in [0.717, 1.165) is 22.6 Å². The van der Waals surface area contributed by atoms with Crippen molar-refractivity contribution in [3.05, 3.63) is 83.7 Å². The second-order valence-corrected chi connectivity index (χ2v) is 8.08. The number of para-hydroxylation sites is 1. The first kappa shape index (κ1) is 23.6. The molecule has 0 aliphatic heterocycles. The maximum atomic E-state index is 14.2. The molecule has 3 aromatic carbocycles. The van der Waals surface area contributed by atoms with Gasteiger partial charge in [-0.2, -0.15) is 0 Å². The van der Waals surface area contributed by atoms with Crippen LogP contribution in [-0.2, 0) is 16.8 Å². The Hall–Kier alpha value is -3.05. The van der Waals surface area contributed by atoms with Crippen molar-refractivity contribution in [3.8, 4) is 23.0 Å². The summed E-state index contributed by atoms with van der Waals surface area (Å²) in [5.41, 5.74) is 1.69. The third-order valence-electron chi connectivity index (χ3n) is 5.02. The number of rotatable bonds is 11. The van der Waals surface area contributed by atoms with Crippen molar-refractivity contribution in [1.82, 2.24) is 0 Å². The van der Waals surface area contributed by atoms with E-state index in [0.29, 0.717) is 32.2 Å². The van der Waals surface area contributed by atoms with Crippen LogP contribution in [-0.4, -0.2) is 19.8 Å². The van der Waals surface area contributed by atoms with E-state index in [-0.39, 0.29) is 11.2 Å². The zero-order chi connectivity index (χ0) is 23.0. The molecule has 32 heavy (non-hydrogen) atoms. The Morgan fingerprint density at radius 3 is 2.22 bits per heavy atom. The van der Waals surface area contributed by atoms with E-state index >= 15 is 0 Å². The van der Waals surface area contributed by atoms with Crippen LogP contribution in [0.1, 0.15) is 38.8 Å². The van der Waals surface area contributed by atoms with Crippen LogP contribution in [0.2, 0.25) is 0 Å². The van der Waals surface area contributed by atoms with E-state index in [1.54, 1.807) is 24.3 Å².